The van der Waals surface area contributed by atoms with Gasteiger partial charge >= 0.3 is 11.9 Å². The molecule has 0 bridgehead atoms. The number of rotatable bonds is 9. The summed E-state index contributed by atoms with van der Waals surface area (Å²) in [6.45, 7) is 10.7. The number of nitrogens with zero attached hydrogens (tertiary/aromatic N) is 7. The second-order valence-corrected chi connectivity index (χ2v) is 17.2. The van der Waals surface area contributed by atoms with Crippen LogP contribution in [0.5, 0.6) is 0 Å². The van der Waals surface area contributed by atoms with Gasteiger partial charge in [0.15, 0.2) is 23.3 Å². The van der Waals surface area contributed by atoms with Crippen molar-refractivity contribution in [3.63, 3.8) is 0 Å². The van der Waals surface area contributed by atoms with E-state index in [0.717, 1.165) is 50.2 Å². The minimum atomic E-state index is -1.33. The third-order valence-electron chi connectivity index (χ3n) is 12.5. The average molecular weight is 1000 g/mol. The van der Waals surface area contributed by atoms with Crippen molar-refractivity contribution in [3.05, 3.63) is 164 Å². The molecule has 2 fully saturated rings. The zero-order valence-corrected chi connectivity index (χ0v) is 39.8. The van der Waals surface area contributed by atoms with Crippen LogP contribution in [0.4, 0.5) is 20.4 Å². The number of carboxylic acids is 2. The van der Waals surface area contributed by atoms with Gasteiger partial charge in [0, 0.05) is 89.7 Å². The van der Waals surface area contributed by atoms with E-state index in [0.29, 0.717) is 50.6 Å². The predicted molar refractivity (Wildman–Crippen MR) is 270 cm³/mol. The molecule has 2 aliphatic rings. The summed E-state index contributed by atoms with van der Waals surface area (Å²) < 4.78 is 32.6. The summed E-state index contributed by atoms with van der Waals surface area (Å²) in [7, 11) is 0. The van der Waals surface area contributed by atoms with Crippen molar-refractivity contribution in [1.29, 1.82) is 0 Å². The van der Waals surface area contributed by atoms with Crippen LogP contribution in [0.3, 0.4) is 0 Å². The van der Waals surface area contributed by atoms with Crippen molar-refractivity contribution in [1.82, 2.24) is 29.3 Å². The van der Waals surface area contributed by atoms with Crippen LogP contribution in [-0.2, 0) is 25.0 Å². The first kappa shape index (κ1) is 48.4. The number of halogens is 3. The molecule has 8 aromatic rings. The van der Waals surface area contributed by atoms with Gasteiger partial charge in [-0.25, -0.2) is 28.3 Å². The van der Waals surface area contributed by atoms with E-state index in [1.54, 1.807) is 9.13 Å². The second-order valence-electron chi connectivity index (χ2n) is 16.7. The van der Waals surface area contributed by atoms with Crippen LogP contribution >= 0.6 is 15.9 Å². The van der Waals surface area contributed by atoms with Crippen LogP contribution in [0.2, 0.25) is 0 Å². The monoisotopic (exact) mass is 1000 g/mol. The number of fused-ring (bicyclic) bond motifs is 4. The van der Waals surface area contributed by atoms with Crippen LogP contribution < -0.4 is 26.0 Å². The van der Waals surface area contributed by atoms with Crippen molar-refractivity contribution < 1.29 is 28.6 Å². The minimum Gasteiger partial charge on any atom is -0.477 e. The molecule has 4 aromatic heterocycles. The molecule has 6 heterocycles. The standard InChI is InChI=1S/C26H25FN4O3.C15H17FN4O3.C11H9Br/c1-2-30-16-21(26(33)34)23(32)20-14-22(27)25(28-24(20)30)31-12-10-29(11-13-31)15-18-8-5-7-17-6-3-4-9-19(17)18;1-2-19-8-10(15(22)23)12(21)9-7-11(16)14(18-13(9)19)20-5-3-17-4-6-20;12-8-10-6-3-5-9-4-1-2-7-11(9)10/h3-9,14,16H,2,10-13,15H2,1H3,(H,33,34);7-8,17H,2-6H2,1H3,(H,22,23);1-7H,8H2. The highest BCUT2D eigenvalue weighted by atomic mass is 79.9. The lowest BCUT2D eigenvalue weighted by Gasteiger charge is -2.35. The summed E-state index contributed by atoms with van der Waals surface area (Å²) in [6, 6.07) is 31.7. The third kappa shape index (κ3) is 10.4. The molecule has 17 heteroatoms. The van der Waals surface area contributed by atoms with Crippen LogP contribution in [0.1, 0.15) is 45.7 Å². The van der Waals surface area contributed by atoms with Gasteiger partial charge in [0.25, 0.3) is 0 Å². The molecule has 69 heavy (non-hydrogen) atoms. The summed E-state index contributed by atoms with van der Waals surface area (Å²) in [5, 5.41) is 27.6. The summed E-state index contributed by atoms with van der Waals surface area (Å²) in [5.41, 5.74) is 1.03. The Morgan fingerprint density at radius 1 is 0.609 bits per heavy atom. The molecular weight excluding hydrogens is 951 g/mol. The molecule has 4 aromatic carbocycles. The quantitative estimate of drug-likeness (QED) is 0.119. The van der Waals surface area contributed by atoms with Gasteiger partial charge in [-0.15, -0.1) is 0 Å². The molecule has 0 saturated carbocycles. The number of aromatic carboxylic acids is 2. The minimum absolute atomic E-state index is 0.0110. The maximum Gasteiger partial charge on any atom is 0.341 e. The van der Waals surface area contributed by atoms with Gasteiger partial charge in [-0.2, -0.15) is 0 Å². The number of anilines is 2. The first-order valence-electron chi connectivity index (χ1n) is 22.8. The Balaban J connectivity index is 0.000000157. The van der Waals surface area contributed by atoms with Gasteiger partial charge in [0.2, 0.25) is 10.9 Å². The zero-order chi connectivity index (χ0) is 48.8. The molecule has 10 rings (SSSR count). The Kier molecular flexibility index (Phi) is 15.1. The Morgan fingerprint density at radius 2 is 1.04 bits per heavy atom. The summed E-state index contributed by atoms with van der Waals surface area (Å²) in [4.78, 5) is 62.3. The fourth-order valence-electron chi connectivity index (χ4n) is 8.86. The van der Waals surface area contributed by atoms with Gasteiger partial charge in [-0.1, -0.05) is 101 Å². The maximum absolute atomic E-state index is 15.1. The Labute approximate surface area is 404 Å². The number of nitrogens with one attached hydrogen (secondary N) is 1. The molecule has 2 aliphatic heterocycles. The molecule has 0 unspecified atom stereocenters. The van der Waals surface area contributed by atoms with Crippen LogP contribution in [0, 0.1) is 11.6 Å². The number of carbonyl (C=O) groups is 2. The molecule has 0 spiro atoms. The predicted octanol–water partition coefficient (Wildman–Crippen LogP) is 8.13. The van der Waals surface area contributed by atoms with Crippen molar-refractivity contribution in [2.45, 2.75) is 38.8 Å². The molecule has 14 nitrogen and oxygen atoms in total. The Hall–Kier alpha value is -7.08. The summed E-state index contributed by atoms with van der Waals surface area (Å²) in [6.07, 6.45) is 2.54. The highest BCUT2D eigenvalue weighted by molar-refractivity contribution is 9.08. The lowest BCUT2D eigenvalue weighted by atomic mass is 10.0. The number of benzene rings is 4. The van der Waals surface area contributed by atoms with Gasteiger partial charge < -0.3 is 34.5 Å². The number of pyridine rings is 4. The van der Waals surface area contributed by atoms with Crippen molar-refractivity contribution in [2.75, 3.05) is 62.2 Å². The lowest BCUT2D eigenvalue weighted by Crippen LogP contribution is -2.46. The molecule has 2 saturated heterocycles. The van der Waals surface area contributed by atoms with Gasteiger partial charge in [0.05, 0.1) is 10.8 Å². The first-order valence-corrected chi connectivity index (χ1v) is 23.9. The average Bonchev–Trinajstić information content (AvgIpc) is 3.37. The number of aryl methyl sites for hydroxylation is 2. The van der Waals surface area contributed by atoms with Gasteiger partial charge in [0.1, 0.15) is 22.4 Å². The molecular formula is C52H51BrF2N8O6. The molecule has 0 amide bonds. The summed E-state index contributed by atoms with van der Waals surface area (Å²) >= 11 is 3.48. The maximum atomic E-state index is 15.1. The highest BCUT2D eigenvalue weighted by Gasteiger charge is 2.25. The fraction of sp³-hybridized carbons (Fsp3) is 0.269. The van der Waals surface area contributed by atoms with Gasteiger partial charge in [-0.3, -0.25) is 14.5 Å². The topological polar surface area (TPSA) is 166 Å². The number of hydrogen-bond acceptors (Lipinski definition) is 10. The van der Waals surface area contributed by atoms with Crippen molar-refractivity contribution in [2.24, 2.45) is 0 Å². The van der Waals surface area contributed by atoms with E-state index in [1.165, 1.54) is 45.1 Å². The van der Waals surface area contributed by atoms with E-state index in [2.05, 4.69) is 109 Å². The number of carboxylic acid groups (broad SMARTS) is 2. The Morgan fingerprint density at radius 3 is 1.51 bits per heavy atom. The first-order chi connectivity index (χ1) is 33.4. The van der Waals surface area contributed by atoms with E-state index >= 15 is 4.39 Å². The Bertz CT molecular complexity index is 3320. The van der Waals surface area contributed by atoms with Crippen LogP contribution in [0.25, 0.3) is 43.6 Å². The normalized spacial score (nSPS) is 14.1. The SMILES string of the molecule is BrCc1cccc2ccccc12.CCn1cc(C(=O)O)c(=O)c2cc(F)c(N3CCN(Cc4cccc5ccccc45)CC3)nc21.CCn1cc(C(=O)O)c(=O)c2cc(F)c(N3CCNCC3)nc21. The third-order valence-corrected chi connectivity index (χ3v) is 13.1. The number of piperazine rings is 2. The van der Waals surface area contributed by atoms with E-state index in [-0.39, 0.29) is 33.5 Å². The lowest BCUT2D eigenvalue weighted by molar-refractivity contribution is 0.0684. The van der Waals surface area contributed by atoms with E-state index in [9.17, 15) is 28.7 Å². The van der Waals surface area contributed by atoms with Gasteiger partial charge in [-0.05, 0) is 58.7 Å². The van der Waals surface area contributed by atoms with Crippen LogP contribution in [0.15, 0.2) is 119 Å². The highest BCUT2D eigenvalue weighted by Crippen LogP contribution is 2.26. The van der Waals surface area contributed by atoms with Crippen molar-refractivity contribution in [3.8, 4) is 0 Å². The van der Waals surface area contributed by atoms with E-state index in [1.807, 2.05) is 35.8 Å². The van der Waals surface area contributed by atoms with Crippen molar-refractivity contribution >= 4 is 83.1 Å². The number of hydrogen-bond donors (Lipinski definition) is 3. The van der Waals surface area contributed by atoms with E-state index < -0.39 is 34.4 Å². The fourth-order valence-corrected chi connectivity index (χ4v) is 9.35. The smallest absolute Gasteiger partial charge is 0.341 e. The molecule has 356 valence electrons. The summed E-state index contributed by atoms with van der Waals surface area (Å²) in [5.74, 6) is -3.49. The van der Waals surface area contributed by atoms with E-state index in [4.69, 9.17) is 5.11 Å². The zero-order valence-electron chi connectivity index (χ0n) is 38.2. The largest absolute Gasteiger partial charge is 0.477 e. The second kappa shape index (κ2) is 21.5. The number of alkyl halides is 1. The van der Waals surface area contributed by atoms with Crippen LogP contribution in [-0.4, -0.2) is 98.5 Å². The molecule has 0 aliphatic carbocycles. The molecule has 0 atom stereocenters. The number of aromatic nitrogens is 4. The molecule has 3 N–H and O–H groups in total. The molecule has 0 radical (unpaired) electrons.